The second-order valence-corrected chi connectivity index (χ2v) is 3.11. The van der Waals surface area contributed by atoms with Crippen molar-refractivity contribution in [3.63, 3.8) is 0 Å². The summed E-state index contributed by atoms with van der Waals surface area (Å²) in [5, 5.41) is 3.66. The van der Waals surface area contributed by atoms with Crippen LogP contribution >= 0.6 is 0 Å². The first kappa shape index (κ1) is 8.69. The van der Waals surface area contributed by atoms with Crippen molar-refractivity contribution in [2.24, 2.45) is 0 Å². The number of carbonyl (C=O) groups excluding carboxylic acids is 1. The zero-order valence-electron chi connectivity index (χ0n) is 7.82. The van der Waals surface area contributed by atoms with Crippen LogP contribution in [0.4, 0.5) is 5.82 Å². The first-order chi connectivity index (χ1) is 6.81. The molecule has 0 bridgehead atoms. The van der Waals surface area contributed by atoms with Gasteiger partial charge in [-0.15, -0.1) is 0 Å². The number of fused-ring (bicyclic) bond motifs is 1. The Labute approximate surface area is 81.8 Å². The van der Waals surface area contributed by atoms with Gasteiger partial charge in [-0.25, -0.2) is 4.98 Å². The van der Waals surface area contributed by atoms with E-state index in [1.54, 1.807) is 0 Å². The summed E-state index contributed by atoms with van der Waals surface area (Å²) in [4.78, 5) is 14.6. The van der Waals surface area contributed by atoms with Gasteiger partial charge in [0.1, 0.15) is 5.82 Å². The number of para-hydroxylation sites is 1. The number of rotatable bonds is 2. The van der Waals surface area contributed by atoms with Gasteiger partial charge in [0.25, 0.3) is 0 Å². The van der Waals surface area contributed by atoms with E-state index in [1.807, 2.05) is 37.3 Å². The fourth-order valence-corrected chi connectivity index (χ4v) is 1.42. The number of carbonyl (C=O) groups is 1. The van der Waals surface area contributed by atoms with Crippen LogP contribution in [-0.4, -0.2) is 11.4 Å². The van der Waals surface area contributed by atoms with Gasteiger partial charge in [0.05, 0.1) is 5.52 Å². The van der Waals surface area contributed by atoms with E-state index >= 15 is 0 Å². The molecule has 70 valence electrons. The van der Waals surface area contributed by atoms with E-state index in [-0.39, 0.29) is 0 Å². The molecule has 0 unspecified atom stereocenters. The van der Waals surface area contributed by atoms with Gasteiger partial charge in [-0.1, -0.05) is 18.2 Å². The minimum absolute atomic E-state index is 0.624. The van der Waals surface area contributed by atoms with Crippen molar-refractivity contribution in [2.75, 3.05) is 5.32 Å². The van der Waals surface area contributed by atoms with Gasteiger partial charge in [-0.3, -0.25) is 4.79 Å². The van der Waals surface area contributed by atoms with Gasteiger partial charge >= 0.3 is 0 Å². The molecule has 1 amide bonds. The summed E-state index contributed by atoms with van der Waals surface area (Å²) in [6, 6.07) is 9.82. The third kappa shape index (κ3) is 1.44. The Bertz CT molecular complexity index is 480. The highest BCUT2D eigenvalue weighted by Crippen LogP contribution is 2.18. The van der Waals surface area contributed by atoms with E-state index in [4.69, 9.17) is 0 Å². The Morgan fingerprint density at radius 2 is 2.14 bits per heavy atom. The zero-order valence-corrected chi connectivity index (χ0v) is 7.82. The molecule has 2 rings (SSSR count). The second kappa shape index (κ2) is 3.46. The molecule has 0 spiro atoms. The van der Waals surface area contributed by atoms with Crippen LogP contribution in [0.25, 0.3) is 10.9 Å². The van der Waals surface area contributed by atoms with Gasteiger partial charge in [0.15, 0.2) is 0 Å². The summed E-state index contributed by atoms with van der Waals surface area (Å²) >= 11 is 0. The maximum Gasteiger partial charge on any atom is 0.212 e. The minimum atomic E-state index is 0.624. The van der Waals surface area contributed by atoms with Gasteiger partial charge in [-0.05, 0) is 24.6 Å². The Morgan fingerprint density at radius 3 is 2.93 bits per heavy atom. The molecule has 0 radical (unpaired) electrons. The number of nitrogens with zero attached hydrogens (tertiary/aromatic N) is 1. The van der Waals surface area contributed by atoms with Crippen LogP contribution in [0, 0.1) is 6.92 Å². The number of pyridine rings is 1. The second-order valence-electron chi connectivity index (χ2n) is 3.11. The first-order valence-electron chi connectivity index (χ1n) is 4.38. The molecule has 1 aromatic heterocycles. The lowest BCUT2D eigenvalue weighted by molar-refractivity contribution is -0.105. The maximum absolute atomic E-state index is 10.3. The Morgan fingerprint density at radius 1 is 1.36 bits per heavy atom. The van der Waals surface area contributed by atoms with Crippen LogP contribution in [-0.2, 0) is 4.79 Å². The molecule has 0 fully saturated rings. The minimum Gasteiger partial charge on any atom is -0.313 e. The number of hydrogen-bond donors (Lipinski definition) is 1. The summed E-state index contributed by atoms with van der Waals surface area (Å²) in [7, 11) is 0. The quantitative estimate of drug-likeness (QED) is 0.730. The average Bonchev–Trinajstić information content (AvgIpc) is 2.19. The van der Waals surface area contributed by atoms with E-state index in [0.717, 1.165) is 16.5 Å². The molecule has 0 aliphatic heterocycles. The third-order valence-corrected chi connectivity index (χ3v) is 2.11. The third-order valence-electron chi connectivity index (χ3n) is 2.11. The maximum atomic E-state index is 10.3. The van der Waals surface area contributed by atoms with E-state index in [2.05, 4.69) is 10.3 Å². The Balaban J connectivity index is 2.64. The van der Waals surface area contributed by atoms with Crippen molar-refractivity contribution in [3.05, 3.63) is 35.9 Å². The van der Waals surface area contributed by atoms with Crippen molar-refractivity contribution < 1.29 is 4.79 Å². The van der Waals surface area contributed by atoms with Crippen LogP contribution in [0.5, 0.6) is 0 Å². The Kier molecular flexibility index (Phi) is 2.14. The highest BCUT2D eigenvalue weighted by atomic mass is 16.1. The number of hydrogen-bond acceptors (Lipinski definition) is 2. The zero-order chi connectivity index (χ0) is 9.97. The molecule has 0 saturated carbocycles. The topological polar surface area (TPSA) is 42.0 Å². The molecule has 0 aliphatic rings. The fourth-order valence-electron chi connectivity index (χ4n) is 1.42. The van der Waals surface area contributed by atoms with Crippen molar-refractivity contribution in [1.82, 2.24) is 4.98 Å². The van der Waals surface area contributed by atoms with Crippen LogP contribution < -0.4 is 5.32 Å². The molecular formula is C11H10N2O. The number of amides is 1. The number of benzene rings is 1. The molecule has 14 heavy (non-hydrogen) atoms. The lowest BCUT2D eigenvalue weighted by atomic mass is 10.1. The largest absolute Gasteiger partial charge is 0.313 e. The van der Waals surface area contributed by atoms with Crippen LogP contribution in [0.1, 0.15) is 5.56 Å². The number of anilines is 1. The van der Waals surface area contributed by atoms with Crippen molar-refractivity contribution in [1.29, 1.82) is 0 Å². The summed E-state index contributed by atoms with van der Waals surface area (Å²) in [6.07, 6.45) is 0.643. The van der Waals surface area contributed by atoms with Crippen molar-refractivity contribution in [2.45, 2.75) is 6.92 Å². The smallest absolute Gasteiger partial charge is 0.212 e. The average molecular weight is 186 g/mol. The molecule has 1 heterocycles. The molecule has 1 N–H and O–H groups in total. The van der Waals surface area contributed by atoms with Crippen LogP contribution in [0.3, 0.4) is 0 Å². The van der Waals surface area contributed by atoms with Gasteiger partial charge in [0.2, 0.25) is 6.41 Å². The summed E-state index contributed by atoms with van der Waals surface area (Å²) in [6.45, 7) is 1.92. The predicted molar refractivity (Wildman–Crippen MR) is 56.2 cm³/mol. The number of aryl methyl sites for hydroxylation is 1. The van der Waals surface area contributed by atoms with Crippen LogP contribution in [0.2, 0.25) is 0 Å². The van der Waals surface area contributed by atoms with Crippen LogP contribution in [0.15, 0.2) is 30.3 Å². The summed E-state index contributed by atoms with van der Waals surface area (Å²) in [5.74, 6) is 0.624. The molecular weight excluding hydrogens is 176 g/mol. The van der Waals surface area contributed by atoms with Crippen molar-refractivity contribution >= 4 is 23.1 Å². The first-order valence-corrected chi connectivity index (χ1v) is 4.38. The number of aromatic nitrogens is 1. The molecule has 3 nitrogen and oxygen atoms in total. The highest BCUT2D eigenvalue weighted by Gasteiger charge is 2.01. The molecule has 2 aromatic rings. The van der Waals surface area contributed by atoms with E-state index in [9.17, 15) is 4.79 Å². The molecule has 0 aliphatic carbocycles. The Hall–Kier alpha value is -1.90. The molecule has 0 atom stereocenters. The monoisotopic (exact) mass is 186 g/mol. The normalized spacial score (nSPS) is 10.1. The predicted octanol–water partition coefficient (Wildman–Crippen LogP) is 2.11. The van der Waals surface area contributed by atoms with E-state index < -0.39 is 0 Å². The SMILES string of the molecule is Cc1cc2ccccc2nc1NC=O. The molecule has 1 aromatic carbocycles. The van der Waals surface area contributed by atoms with Gasteiger partial charge in [0, 0.05) is 5.39 Å². The highest BCUT2D eigenvalue weighted by molar-refractivity contribution is 5.83. The standard InChI is InChI=1S/C11H10N2O/c1-8-6-9-4-2-3-5-10(9)13-11(8)12-7-14/h2-7H,1H3,(H,12,13,14). The van der Waals surface area contributed by atoms with E-state index in [0.29, 0.717) is 12.2 Å². The molecule has 3 heteroatoms. The van der Waals surface area contributed by atoms with Gasteiger partial charge in [-0.2, -0.15) is 0 Å². The van der Waals surface area contributed by atoms with Crippen molar-refractivity contribution in [3.8, 4) is 0 Å². The van der Waals surface area contributed by atoms with E-state index in [1.165, 1.54) is 0 Å². The summed E-state index contributed by atoms with van der Waals surface area (Å²) in [5.41, 5.74) is 1.86. The molecule has 0 saturated heterocycles. The van der Waals surface area contributed by atoms with Gasteiger partial charge < -0.3 is 5.32 Å². The lowest BCUT2D eigenvalue weighted by Crippen LogP contribution is -1.99. The number of nitrogens with one attached hydrogen (secondary N) is 1. The lowest BCUT2D eigenvalue weighted by Gasteiger charge is -2.04. The fraction of sp³-hybridized carbons (Fsp3) is 0.0909. The summed E-state index contributed by atoms with van der Waals surface area (Å²) < 4.78 is 0.